The van der Waals surface area contributed by atoms with Crippen LogP contribution in [0.2, 0.25) is 90.7 Å². The van der Waals surface area contributed by atoms with Crippen molar-refractivity contribution in [1.29, 1.82) is 0 Å². The number of Topliss-reactive ketones (excluding diaryl/α,β-unsaturated/α-hetero) is 2. The van der Waals surface area contributed by atoms with E-state index in [1.54, 1.807) is 7.11 Å². The monoisotopic (exact) mass is 1370 g/mol. The number of carbonyl (C=O) groups excluding carboxylic acids is 3. The van der Waals surface area contributed by atoms with Crippen LogP contribution in [0.4, 0.5) is 0 Å². The lowest BCUT2D eigenvalue weighted by Gasteiger charge is -2.56. The highest BCUT2D eigenvalue weighted by Crippen LogP contribution is 2.49. The zero-order chi connectivity index (χ0) is 69.2. The number of aliphatic hydroxyl groups excluding tert-OH is 1. The molecule has 20 heteroatoms. The number of hydrogen-bond acceptors (Lipinski definition) is 15. The molecule has 6 aliphatic rings. The molecule has 1 N–H and O–H groups in total. The summed E-state index contributed by atoms with van der Waals surface area (Å²) in [5.74, 6) is -1.13. The van der Waals surface area contributed by atoms with E-state index in [1.807, 2.05) is 6.92 Å². The van der Waals surface area contributed by atoms with Gasteiger partial charge in [-0.3, -0.25) is 14.4 Å². The van der Waals surface area contributed by atoms with E-state index < -0.39 is 127 Å². The number of rotatable bonds is 15. The van der Waals surface area contributed by atoms with Crippen LogP contribution in [-0.4, -0.2) is 170 Å². The third-order valence-electron chi connectivity index (χ3n) is 23.4. The molecule has 0 radical (unpaired) electrons. The number of methoxy groups -OCH3 is 1. The maximum atomic E-state index is 15.4. The topological polar surface area (TPSA) is 173 Å². The second kappa shape index (κ2) is 31.0. The first kappa shape index (κ1) is 80.6. The Morgan fingerprint density at radius 1 is 0.626 bits per heavy atom. The summed E-state index contributed by atoms with van der Waals surface area (Å²) >= 11 is 0. The molecular formula is C71H134O15Si5. The molecule has 6 heterocycles. The van der Waals surface area contributed by atoms with Gasteiger partial charge in [-0.05, 0) is 154 Å². The highest BCUT2D eigenvalue weighted by molar-refractivity contribution is 6.76. The fourth-order valence-corrected chi connectivity index (χ4v) is 18.5. The molecule has 17 atom stereocenters. The Morgan fingerprint density at radius 3 is 1.70 bits per heavy atom. The number of esters is 1. The van der Waals surface area contributed by atoms with Crippen LogP contribution in [0.3, 0.4) is 0 Å². The van der Waals surface area contributed by atoms with Gasteiger partial charge in [0.25, 0.3) is 0 Å². The van der Waals surface area contributed by atoms with Crippen molar-refractivity contribution in [2.24, 2.45) is 11.8 Å². The predicted octanol–water partition coefficient (Wildman–Crippen LogP) is 16.5. The largest absolute Gasteiger partial charge is 0.458 e. The summed E-state index contributed by atoms with van der Waals surface area (Å²) in [5, 5.41) is 11.1. The predicted molar refractivity (Wildman–Crippen MR) is 379 cm³/mol. The third-order valence-corrected chi connectivity index (χ3v) is 45.8. The Labute approximate surface area is 559 Å². The summed E-state index contributed by atoms with van der Waals surface area (Å²) in [6.07, 6.45) is 2.47. The minimum absolute atomic E-state index is 0.0159. The van der Waals surface area contributed by atoms with E-state index in [0.29, 0.717) is 57.1 Å². The molecule has 15 nitrogen and oxygen atoms in total. The highest BCUT2D eigenvalue weighted by Gasteiger charge is 2.59. The van der Waals surface area contributed by atoms with Gasteiger partial charge in [0.2, 0.25) is 0 Å². The quantitative estimate of drug-likeness (QED) is 0.0931. The zero-order valence-electron chi connectivity index (χ0n) is 62.7. The minimum atomic E-state index is -2.59. The summed E-state index contributed by atoms with van der Waals surface area (Å²) in [4.78, 5) is 42.1. The van der Waals surface area contributed by atoms with Crippen LogP contribution in [-0.2, 0) is 64.9 Å². The minimum Gasteiger partial charge on any atom is -0.458 e. The summed E-state index contributed by atoms with van der Waals surface area (Å²) in [6, 6.07) is 0. The van der Waals surface area contributed by atoms with Crippen LogP contribution in [0.5, 0.6) is 0 Å². The van der Waals surface area contributed by atoms with Gasteiger partial charge >= 0.3 is 5.97 Å². The fourth-order valence-electron chi connectivity index (χ4n) is 12.3. The van der Waals surface area contributed by atoms with Crippen molar-refractivity contribution >= 4 is 59.1 Å². The van der Waals surface area contributed by atoms with Crippen molar-refractivity contribution in [3.05, 3.63) is 24.3 Å². The lowest BCUT2D eigenvalue weighted by Crippen LogP contribution is -2.69. The molecule has 8 unspecified atom stereocenters. The van der Waals surface area contributed by atoms with Crippen molar-refractivity contribution in [1.82, 2.24) is 0 Å². The molecule has 4 saturated heterocycles. The number of fused-ring (bicyclic) bond motifs is 15. The van der Waals surface area contributed by atoms with Gasteiger partial charge in [0.05, 0.1) is 61.5 Å². The molecule has 0 saturated carbocycles. The molecule has 6 rings (SSSR count). The first-order valence-corrected chi connectivity index (χ1v) is 49.6. The third kappa shape index (κ3) is 21.2. The van der Waals surface area contributed by atoms with E-state index in [2.05, 4.69) is 188 Å². The Bertz CT molecular complexity index is 2430. The first-order valence-electron chi connectivity index (χ1n) is 35.1. The van der Waals surface area contributed by atoms with Crippen LogP contribution in [0.25, 0.3) is 0 Å². The van der Waals surface area contributed by atoms with Gasteiger partial charge in [0.15, 0.2) is 47.4 Å². The smallest absolute Gasteiger partial charge is 0.303 e. The number of carbonyl (C=O) groups is 3. The number of ether oxygens (including phenoxy) is 6. The SMILES string of the molecule is C=C1[C@H](C)C[C@H](O)CCC2O[C@@H](CCC/C=C/C(O[Si](C)(C)C(C)(C)C)[C@@H]3O[C@H]4CCC(CC(=O)CC5C(C[C@H]1OC(C)=O)OC(C[C@@H](CO[Si](C)(C)C(C)(C)C)O[Si](C)(C)C(C)(C)C)[C@@H]5OC)O[C@@H]4C(O[Si](C)(C)C(C)(C)C)C3O[Si](C)(C)C(C)(C)C)CC2=O. The van der Waals surface area contributed by atoms with Gasteiger partial charge < -0.3 is 55.7 Å². The molecule has 0 spiro atoms. The molecule has 6 aliphatic heterocycles. The highest BCUT2D eigenvalue weighted by atomic mass is 28.4. The second-order valence-corrected chi connectivity index (χ2v) is 59.7. The average Bonchev–Trinajstić information content (AvgIpc) is 1.32. The summed E-state index contributed by atoms with van der Waals surface area (Å²) in [5.41, 5.74) is 0.642. The van der Waals surface area contributed by atoms with Crippen molar-refractivity contribution in [2.45, 2.75) is 383 Å². The number of hydrogen-bond donors (Lipinski definition) is 1. The summed E-state index contributed by atoms with van der Waals surface area (Å²) < 4.78 is 78.9. The number of ketones is 2. The normalized spacial score (nSPS) is 33.4. The van der Waals surface area contributed by atoms with Crippen molar-refractivity contribution < 1.29 is 70.0 Å². The molecular weight excluding hydrogens is 1230 g/mol. The average molecular weight is 1370 g/mol. The second-order valence-electron chi connectivity index (χ2n) is 35.9. The Kier molecular flexibility index (Phi) is 27.5. The van der Waals surface area contributed by atoms with Gasteiger partial charge in [0, 0.05) is 52.1 Å². The zero-order valence-corrected chi connectivity index (χ0v) is 67.7. The Balaban J connectivity index is 1.66. The summed E-state index contributed by atoms with van der Waals surface area (Å²) in [6.45, 7) is 65.0. The number of aliphatic hydroxyl groups is 1. The maximum Gasteiger partial charge on any atom is 0.303 e. The van der Waals surface area contributed by atoms with E-state index in [0.717, 1.165) is 19.3 Å². The molecule has 0 aliphatic carbocycles. The molecule has 6 bridgehead atoms. The molecule has 0 amide bonds. The molecule has 91 heavy (non-hydrogen) atoms. The lowest BCUT2D eigenvalue weighted by atomic mass is 9.82. The van der Waals surface area contributed by atoms with Crippen LogP contribution in [0, 0.1) is 11.8 Å². The lowest BCUT2D eigenvalue weighted by molar-refractivity contribution is -0.266. The van der Waals surface area contributed by atoms with Gasteiger partial charge in [-0.2, -0.15) is 0 Å². The van der Waals surface area contributed by atoms with Crippen molar-refractivity contribution in [3.8, 4) is 0 Å². The van der Waals surface area contributed by atoms with Crippen LogP contribution >= 0.6 is 0 Å². The fraction of sp³-hybridized carbons (Fsp3) is 0.901. The standard InChI is InChI=1S/C71H134O15Si5/c1-46-39-49(73)35-37-56-55(75)42-51(79-56)33-31-30-32-34-58(84-89(24,25)69(10,11)12)64-66(86-91(28,29)71(16,17)18)65(85-90(26,27)70(13,14)15)63-57(82-64)38-36-52(80-63)40-50(74)41-54-60(44-59(47(46)2)78-48(3)72)81-61(62(54)76-19)43-53(83-88(22,23)68(7,8)9)45-77-87(20,21)67(4,5)6/h32,34,46,49,51-54,56-66,73H,2,30-31,33,35-45H2,1,3-29H3/b34-32+/t46-,49-,51+,52?,53+,54?,56?,57+,58?,59-,60?,61?,62-,63+,64+,65?,66?/m1/s1. The van der Waals surface area contributed by atoms with Crippen molar-refractivity contribution in [2.75, 3.05) is 13.7 Å². The van der Waals surface area contributed by atoms with E-state index in [1.165, 1.54) is 6.92 Å². The van der Waals surface area contributed by atoms with Crippen LogP contribution in [0.1, 0.15) is 201 Å². The summed E-state index contributed by atoms with van der Waals surface area (Å²) in [7, 11) is -10.6. The molecule has 528 valence electrons. The maximum absolute atomic E-state index is 15.4. The van der Waals surface area contributed by atoms with Crippen LogP contribution < -0.4 is 0 Å². The van der Waals surface area contributed by atoms with E-state index in [9.17, 15) is 14.7 Å². The van der Waals surface area contributed by atoms with Gasteiger partial charge in [0.1, 0.15) is 42.4 Å². The molecule has 0 aromatic carbocycles. The number of allylic oxidation sites excluding steroid dienone is 1. The van der Waals surface area contributed by atoms with Gasteiger partial charge in [-0.25, -0.2) is 0 Å². The Morgan fingerprint density at radius 2 is 1.16 bits per heavy atom. The van der Waals surface area contributed by atoms with E-state index in [4.69, 9.17) is 50.6 Å². The molecule has 0 aromatic heterocycles. The van der Waals surface area contributed by atoms with Gasteiger partial charge in [-0.15, -0.1) is 0 Å². The van der Waals surface area contributed by atoms with Crippen LogP contribution in [0.15, 0.2) is 24.3 Å². The first-order chi connectivity index (χ1) is 41.3. The van der Waals surface area contributed by atoms with E-state index in [-0.39, 0.29) is 80.3 Å². The Hall–Kier alpha value is -1.07. The molecule has 4 fully saturated rings. The van der Waals surface area contributed by atoms with Crippen molar-refractivity contribution in [3.63, 3.8) is 0 Å². The van der Waals surface area contributed by atoms with Gasteiger partial charge in [-0.1, -0.05) is 130 Å². The molecule has 0 aromatic rings. The van der Waals surface area contributed by atoms with E-state index >= 15 is 4.79 Å².